The lowest BCUT2D eigenvalue weighted by molar-refractivity contribution is 0.0171. The molecule has 1 aliphatic carbocycles. The molecule has 1 saturated carbocycles. The molecule has 0 bridgehead atoms. The number of carbonyl (C=O) groups excluding carboxylic acids is 1. The third-order valence-electron chi connectivity index (χ3n) is 8.03. The Morgan fingerprint density at radius 3 is 2.37 bits per heavy atom. The second kappa shape index (κ2) is 13.0. The number of allylic oxidation sites excluding steroid dienone is 1. The molecule has 0 spiro atoms. The Morgan fingerprint density at radius 2 is 1.74 bits per heavy atom. The van der Waals surface area contributed by atoms with E-state index in [1.54, 1.807) is 0 Å². The normalized spacial score (nSPS) is 20.2. The molecule has 2 atom stereocenters. The molecule has 2 aromatic carbocycles. The molecule has 206 valence electrons. The van der Waals surface area contributed by atoms with Crippen LogP contribution in [0.3, 0.4) is 0 Å². The van der Waals surface area contributed by atoms with E-state index in [0.717, 1.165) is 64.7 Å². The summed E-state index contributed by atoms with van der Waals surface area (Å²) in [6.45, 7) is 16.5. The van der Waals surface area contributed by atoms with Crippen molar-refractivity contribution in [2.45, 2.75) is 90.2 Å². The van der Waals surface area contributed by atoms with Gasteiger partial charge in [0.2, 0.25) is 0 Å². The second-order valence-electron chi connectivity index (χ2n) is 12.4. The fourth-order valence-electron chi connectivity index (χ4n) is 5.78. The van der Waals surface area contributed by atoms with Crippen molar-refractivity contribution in [3.63, 3.8) is 0 Å². The zero-order valence-corrected chi connectivity index (χ0v) is 24.1. The molecule has 1 heterocycles. The minimum absolute atomic E-state index is 0.146. The first kappa shape index (κ1) is 28.4. The molecule has 2 fully saturated rings. The molecule has 4 rings (SSSR count). The van der Waals surface area contributed by atoms with E-state index in [1.807, 2.05) is 20.8 Å². The number of hydrogen-bond acceptors (Lipinski definition) is 3. The largest absolute Gasteiger partial charge is 0.444 e. The smallest absolute Gasteiger partial charge is 0.410 e. The first-order valence-corrected chi connectivity index (χ1v) is 14.8. The van der Waals surface area contributed by atoms with Crippen LogP contribution in [0.5, 0.6) is 0 Å². The second-order valence-corrected chi connectivity index (χ2v) is 12.4. The van der Waals surface area contributed by atoms with Crippen LogP contribution in [0.25, 0.3) is 5.57 Å². The summed E-state index contributed by atoms with van der Waals surface area (Å²) < 4.78 is 5.85. The average molecular weight is 517 g/mol. The van der Waals surface area contributed by atoms with E-state index in [4.69, 9.17) is 4.74 Å². The van der Waals surface area contributed by atoms with Crippen LogP contribution in [0, 0.1) is 5.92 Å². The summed E-state index contributed by atoms with van der Waals surface area (Å²) in [5, 5.41) is 0. The van der Waals surface area contributed by atoms with Gasteiger partial charge in [0, 0.05) is 18.5 Å². The highest BCUT2D eigenvalue weighted by molar-refractivity contribution is 5.69. The molecule has 1 amide bonds. The molecule has 1 saturated heterocycles. The van der Waals surface area contributed by atoms with Crippen LogP contribution in [-0.2, 0) is 11.2 Å². The van der Waals surface area contributed by atoms with Crippen molar-refractivity contribution in [1.29, 1.82) is 0 Å². The highest BCUT2D eigenvalue weighted by atomic mass is 16.6. The highest BCUT2D eigenvalue weighted by Gasteiger charge is 2.46. The van der Waals surface area contributed by atoms with Gasteiger partial charge in [0.25, 0.3) is 0 Å². The van der Waals surface area contributed by atoms with Crippen molar-refractivity contribution in [3.8, 4) is 0 Å². The van der Waals surface area contributed by atoms with Crippen LogP contribution < -0.4 is 0 Å². The lowest BCUT2D eigenvalue weighted by atomic mass is 9.95. The van der Waals surface area contributed by atoms with E-state index < -0.39 is 5.60 Å². The van der Waals surface area contributed by atoms with Gasteiger partial charge in [-0.15, -0.1) is 0 Å². The molecule has 0 radical (unpaired) electrons. The van der Waals surface area contributed by atoms with E-state index >= 15 is 0 Å². The molecule has 2 aliphatic rings. The Morgan fingerprint density at radius 1 is 1.05 bits per heavy atom. The van der Waals surface area contributed by atoms with Gasteiger partial charge in [-0.25, -0.2) is 4.79 Å². The van der Waals surface area contributed by atoms with Gasteiger partial charge in [-0.3, -0.25) is 0 Å². The fourth-order valence-corrected chi connectivity index (χ4v) is 5.78. The van der Waals surface area contributed by atoms with Crippen LogP contribution in [0.15, 0.2) is 61.2 Å². The summed E-state index contributed by atoms with van der Waals surface area (Å²) in [5.74, 6) is 0.974. The Hall–Kier alpha value is -2.59. The number of amides is 1. The average Bonchev–Trinajstić information content (AvgIpc) is 3.69. The number of carbonyl (C=O) groups is 1. The Labute approximate surface area is 231 Å². The standard InChI is InChI=1S/C34H48N2O2/c1-6-11-26(2)29-17-15-27(16-18-29)12-10-21-35-22-19-28(20-23-35)25-36(33(37)38-34(3,4)5)32-24-31(32)30-13-8-7-9-14-30/h7-9,13-18,28,31-32H,2,6,10-12,19-25H2,1,3-5H3. The summed E-state index contributed by atoms with van der Waals surface area (Å²) in [4.78, 5) is 17.9. The molecular formula is C34H48N2O2. The first-order chi connectivity index (χ1) is 18.2. The zero-order valence-electron chi connectivity index (χ0n) is 24.1. The third-order valence-corrected chi connectivity index (χ3v) is 8.03. The number of rotatable bonds is 11. The van der Waals surface area contributed by atoms with Crippen LogP contribution in [-0.4, -0.2) is 53.7 Å². The molecule has 1 aliphatic heterocycles. The van der Waals surface area contributed by atoms with Crippen LogP contribution in [0.4, 0.5) is 4.79 Å². The lowest BCUT2D eigenvalue weighted by Crippen LogP contribution is -2.44. The highest BCUT2D eigenvalue weighted by Crippen LogP contribution is 2.45. The van der Waals surface area contributed by atoms with Crippen molar-refractivity contribution in [2.75, 3.05) is 26.2 Å². The van der Waals surface area contributed by atoms with Gasteiger partial charge in [-0.1, -0.05) is 74.5 Å². The number of hydrogen-bond donors (Lipinski definition) is 0. The minimum Gasteiger partial charge on any atom is -0.444 e. The van der Waals surface area contributed by atoms with Crippen LogP contribution in [0.1, 0.15) is 88.8 Å². The molecular weight excluding hydrogens is 468 g/mol. The molecule has 2 unspecified atom stereocenters. The van der Waals surface area contributed by atoms with E-state index in [0.29, 0.717) is 11.8 Å². The van der Waals surface area contributed by atoms with Crippen molar-refractivity contribution < 1.29 is 9.53 Å². The van der Waals surface area contributed by atoms with Crippen LogP contribution >= 0.6 is 0 Å². The van der Waals surface area contributed by atoms with E-state index in [1.165, 1.54) is 28.7 Å². The fraction of sp³-hybridized carbons (Fsp3) is 0.559. The van der Waals surface area contributed by atoms with Gasteiger partial charge in [-0.05, 0) is 107 Å². The number of piperidine rings is 1. The SMILES string of the molecule is C=C(CCC)c1ccc(CCCN2CCC(CN(C(=O)OC(C)(C)C)C3CC3c3ccccc3)CC2)cc1. The quantitative estimate of drug-likeness (QED) is 0.304. The number of nitrogens with zero attached hydrogens (tertiary/aromatic N) is 2. The topological polar surface area (TPSA) is 32.8 Å². The summed E-state index contributed by atoms with van der Waals surface area (Å²) in [6.07, 6.45) is 7.71. The van der Waals surface area contributed by atoms with Crippen molar-refractivity contribution in [2.24, 2.45) is 5.92 Å². The monoisotopic (exact) mass is 516 g/mol. The van der Waals surface area contributed by atoms with E-state index in [-0.39, 0.29) is 12.1 Å². The minimum atomic E-state index is -0.473. The number of aryl methyl sites for hydroxylation is 1. The van der Waals surface area contributed by atoms with Gasteiger partial charge < -0.3 is 14.5 Å². The predicted octanol–water partition coefficient (Wildman–Crippen LogP) is 7.94. The maximum atomic E-state index is 13.2. The summed E-state index contributed by atoms with van der Waals surface area (Å²) in [7, 11) is 0. The summed E-state index contributed by atoms with van der Waals surface area (Å²) >= 11 is 0. The molecule has 4 heteroatoms. The maximum Gasteiger partial charge on any atom is 0.410 e. The number of likely N-dealkylation sites (tertiary alicyclic amines) is 1. The Balaban J connectivity index is 1.23. The van der Waals surface area contributed by atoms with Gasteiger partial charge in [0.15, 0.2) is 0 Å². The lowest BCUT2D eigenvalue weighted by Gasteiger charge is -2.36. The molecule has 2 aromatic rings. The Bertz CT molecular complexity index is 1030. The third kappa shape index (κ3) is 8.20. The van der Waals surface area contributed by atoms with Gasteiger partial charge in [-0.2, -0.15) is 0 Å². The molecule has 0 aromatic heterocycles. The van der Waals surface area contributed by atoms with Gasteiger partial charge in [0.1, 0.15) is 5.60 Å². The zero-order chi connectivity index (χ0) is 27.1. The van der Waals surface area contributed by atoms with Crippen molar-refractivity contribution >= 4 is 11.7 Å². The van der Waals surface area contributed by atoms with E-state index in [9.17, 15) is 4.79 Å². The predicted molar refractivity (Wildman–Crippen MR) is 158 cm³/mol. The van der Waals surface area contributed by atoms with Gasteiger partial charge >= 0.3 is 6.09 Å². The van der Waals surface area contributed by atoms with E-state index in [2.05, 4.69) is 77.9 Å². The van der Waals surface area contributed by atoms with Crippen LogP contribution in [0.2, 0.25) is 0 Å². The van der Waals surface area contributed by atoms with Gasteiger partial charge in [0.05, 0.1) is 0 Å². The molecule has 0 N–H and O–H groups in total. The molecule has 4 nitrogen and oxygen atoms in total. The Kier molecular flexibility index (Phi) is 9.70. The van der Waals surface area contributed by atoms with Crippen molar-refractivity contribution in [1.82, 2.24) is 9.80 Å². The maximum absolute atomic E-state index is 13.2. The summed E-state index contributed by atoms with van der Waals surface area (Å²) in [6, 6.07) is 19.9. The summed E-state index contributed by atoms with van der Waals surface area (Å²) in [5.41, 5.74) is 4.79. The molecule has 38 heavy (non-hydrogen) atoms. The van der Waals surface area contributed by atoms with Crippen molar-refractivity contribution in [3.05, 3.63) is 77.9 Å². The number of ether oxygens (including phenoxy) is 1. The number of benzene rings is 2. The first-order valence-electron chi connectivity index (χ1n) is 14.8.